The summed E-state index contributed by atoms with van der Waals surface area (Å²) < 4.78 is 11.4. The predicted octanol–water partition coefficient (Wildman–Crippen LogP) is -3.51. The fraction of sp³-hybridized carbons (Fsp3) is 0. The van der Waals surface area contributed by atoms with E-state index in [1.807, 2.05) is 0 Å². The zero-order valence-corrected chi connectivity index (χ0v) is 5.57. The molecule has 0 atom stereocenters. The Morgan fingerprint density at radius 1 is 1.80 bits per heavy atom. The quantitative estimate of drug-likeness (QED) is 0.149. The van der Waals surface area contributed by atoms with Gasteiger partial charge in [0.05, 0.1) is 0 Å². The van der Waals surface area contributed by atoms with Gasteiger partial charge in [0.25, 0.3) is 0 Å². The van der Waals surface area contributed by atoms with Crippen LogP contribution in [0.5, 0.6) is 0 Å². The van der Waals surface area contributed by atoms with Crippen LogP contribution in [-0.4, -0.2) is 0 Å². The first-order chi connectivity index (χ1) is 1.91. The number of hydrogen-bond donors (Lipinski definition) is 0. The topological polar surface area (TPSA) is 49.4 Å². The molecule has 0 heterocycles. The summed E-state index contributed by atoms with van der Waals surface area (Å²) in [5, 5.41) is 8.47. The molecule has 3 nitrogen and oxygen atoms in total. The van der Waals surface area contributed by atoms with Gasteiger partial charge in [-0.15, -0.1) is 0 Å². The Bertz CT molecular complexity index is 20.9. The molecule has 0 aromatic rings. The first-order valence-corrected chi connectivity index (χ1v) is 1.26. The summed E-state index contributed by atoms with van der Waals surface area (Å²) in [5.74, 6) is 0. The molecule has 0 fully saturated rings. The first-order valence-electron chi connectivity index (χ1n) is 0.532. The molecule has 5 heteroatoms. The summed E-state index contributed by atoms with van der Waals surface area (Å²) in [6, 6.07) is 0. The minimum Gasteiger partial charge on any atom is -0.712 e. The Hall–Kier alpha value is 1.02. The molecule has 0 bridgehead atoms. The van der Waals surface area contributed by atoms with Crippen LogP contribution in [0.2, 0.25) is 0 Å². The summed E-state index contributed by atoms with van der Waals surface area (Å²) in [7, 11) is -0.807. The molecule has 5 heavy (non-hydrogen) atoms. The molecule has 0 N–H and O–H groups in total. The molecule has 0 aliphatic carbocycles. The van der Waals surface area contributed by atoms with Gasteiger partial charge in [-0.05, 0) is 0 Å². The second-order valence-electron chi connectivity index (χ2n) is 0.149. The third-order valence-electron chi connectivity index (χ3n) is 0.0304. The zero-order chi connectivity index (χ0) is 3.41. The molecule has 0 aliphatic heterocycles. The van der Waals surface area contributed by atoms with Gasteiger partial charge in [0.2, 0.25) is 0 Å². The molecule has 24 valence electrons. The van der Waals surface area contributed by atoms with Crippen LogP contribution in [0.15, 0.2) is 0 Å². The first kappa shape index (κ1) is 9.39. The maximum absolute atomic E-state index is 8.74. The van der Waals surface area contributed by atoms with Crippen LogP contribution < -0.4 is 34.8 Å². The van der Waals surface area contributed by atoms with Crippen molar-refractivity contribution in [1.82, 2.24) is 0 Å². The predicted molar refractivity (Wildman–Crippen MR) is 8.69 cm³/mol. The van der Waals surface area contributed by atoms with E-state index >= 15 is 0 Å². The molecule has 0 saturated heterocycles. The maximum Gasteiger partial charge on any atom is 1.00 e. The van der Waals surface area contributed by atoms with Crippen molar-refractivity contribution < 1.29 is 44.1 Å². The summed E-state index contributed by atoms with van der Waals surface area (Å²) in [4.78, 5) is 0. The third kappa shape index (κ3) is 11.2. The Morgan fingerprint density at radius 3 is 2.00 bits per heavy atom. The molecule has 0 rings (SSSR count). The van der Waals surface area contributed by atoms with Crippen molar-refractivity contribution in [2.45, 2.75) is 0 Å². The molecule has 0 radical (unpaired) electrons. The Balaban J connectivity index is 0. The maximum atomic E-state index is 8.74. The van der Waals surface area contributed by atoms with Crippen LogP contribution in [0, 0.1) is 0 Å². The second-order valence-corrected chi connectivity index (χ2v) is 0.447. The molecule has 0 unspecified atom stereocenters. The van der Waals surface area contributed by atoms with Crippen LogP contribution in [0.25, 0.3) is 0 Å². The number of rotatable bonds is 1. The molecule has 0 aromatic heterocycles. The normalized spacial score (nSPS) is 6.60. The van der Waals surface area contributed by atoms with Gasteiger partial charge in [-0.1, -0.05) is 0 Å². The molecule has 0 aliphatic rings. The van der Waals surface area contributed by atoms with Gasteiger partial charge < -0.3 is 9.93 Å². The van der Waals surface area contributed by atoms with Crippen molar-refractivity contribution in [2.75, 3.05) is 0 Å². The van der Waals surface area contributed by atoms with Crippen LogP contribution in [-0.2, 0) is 9.24 Å². The van der Waals surface area contributed by atoms with Crippen molar-refractivity contribution in [2.24, 2.45) is 0 Å². The van der Waals surface area contributed by atoms with E-state index in [2.05, 4.69) is 4.67 Å². The van der Waals surface area contributed by atoms with E-state index in [4.69, 9.17) is 9.82 Å². The van der Waals surface area contributed by atoms with E-state index in [9.17, 15) is 0 Å². The van der Waals surface area contributed by atoms with Gasteiger partial charge in [-0.2, -0.15) is 0 Å². The van der Waals surface area contributed by atoms with E-state index in [0.29, 0.717) is 0 Å². The van der Waals surface area contributed by atoms with Crippen molar-refractivity contribution in [3.05, 3.63) is 0 Å². The molecule has 0 amide bonds. The summed E-state index contributed by atoms with van der Waals surface area (Å²) in [5.41, 5.74) is 0. The average molecular weight is 102 g/mol. The van der Waals surface area contributed by atoms with Crippen molar-refractivity contribution in [3.8, 4) is 0 Å². The molecule has 0 aromatic carbocycles. The van der Waals surface area contributed by atoms with Gasteiger partial charge in [0, 0.05) is 0 Å². The van der Waals surface area contributed by atoms with Crippen molar-refractivity contribution >= 4 is 8.69 Å². The van der Waals surface area contributed by atoms with Gasteiger partial charge in [0.15, 0.2) is 0 Å². The molecule has 0 spiro atoms. The third-order valence-corrected chi connectivity index (χ3v) is 0.0913. The monoisotopic (exact) mass is 102 g/mol. The minimum atomic E-state index is -0.807. The number of hydrogen-bond acceptors (Lipinski definition) is 3. The fourth-order valence-electron chi connectivity index (χ4n) is 0. The van der Waals surface area contributed by atoms with Crippen molar-refractivity contribution in [3.63, 3.8) is 0 Å². The van der Waals surface area contributed by atoms with Crippen LogP contribution in [0.1, 0.15) is 0 Å². The zero-order valence-electron chi connectivity index (χ0n) is 2.67. The van der Waals surface area contributed by atoms with Crippen LogP contribution in [0.4, 0.5) is 0 Å². The van der Waals surface area contributed by atoms with Crippen LogP contribution >= 0.6 is 8.69 Å². The van der Waals surface area contributed by atoms with Gasteiger partial charge in [-0.3, -0.25) is 0 Å². The van der Waals surface area contributed by atoms with E-state index in [1.54, 1.807) is 0 Å². The Morgan fingerprint density at radius 2 is 2.00 bits per heavy atom. The Labute approximate surface area is 52.8 Å². The van der Waals surface area contributed by atoms with E-state index in [0.717, 1.165) is 0 Å². The van der Waals surface area contributed by atoms with Crippen LogP contribution in [0.3, 0.4) is 0 Å². The van der Waals surface area contributed by atoms with E-state index in [1.165, 1.54) is 0 Å². The van der Waals surface area contributed by atoms with Crippen molar-refractivity contribution in [1.29, 1.82) is 0 Å². The molecular formula is NaO3P. The smallest absolute Gasteiger partial charge is 0.712 e. The van der Waals surface area contributed by atoms with E-state index in [-0.39, 0.29) is 29.6 Å². The minimum absolute atomic E-state index is 0. The molecule has 0 saturated carbocycles. The van der Waals surface area contributed by atoms with E-state index < -0.39 is 8.69 Å². The second kappa shape index (κ2) is 8.89. The summed E-state index contributed by atoms with van der Waals surface area (Å²) in [6.45, 7) is 0. The standard InChI is InChI=1S/Na.HO3P/c;1-3-4-2/h;1H/q+1;/p-1. The molecular weight excluding hydrogens is 102 g/mol. The van der Waals surface area contributed by atoms with Gasteiger partial charge >= 0.3 is 38.2 Å². The average Bonchev–Trinajstić information content (AvgIpc) is 1.37. The fourth-order valence-corrected chi connectivity index (χ4v) is 0. The van der Waals surface area contributed by atoms with Gasteiger partial charge in [-0.25, -0.2) is 4.57 Å². The van der Waals surface area contributed by atoms with Gasteiger partial charge in [0.1, 0.15) is 0 Å². The SMILES string of the molecule is O=PO[O-].[Na+]. The Kier molecular flexibility index (Phi) is 16.7. The largest absolute Gasteiger partial charge is 1.00 e. The summed E-state index contributed by atoms with van der Waals surface area (Å²) >= 11 is 0. The summed E-state index contributed by atoms with van der Waals surface area (Å²) in [6.07, 6.45) is 0.